The second kappa shape index (κ2) is 11.9. The Labute approximate surface area is 235 Å². The van der Waals surface area contributed by atoms with Crippen molar-refractivity contribution < 1.29 is 56.5 Å². The molecule has 0 aliphatic carbocycles. The van der Waals surface area contributed by atoms with Gasteiger partial charge in [-0.05, 0) is 24.3 Å². The Morgan fingerprint density at radius 1 is 1.14 bits per heavy atom. The van der Waals surface area contributed by atoms with E-state index in [9.17, 15) is 13.9 Å². The second-order valence-electron chi connectivity index (χ2n) is 9.14. The molecule has 2 aliphatic rings. The Morgan fingerprint density at radius 3 is 2.60 bits per heavy atom. The number of phosphoric acid groups is 2. The van der Waals surface area contributed by atoms with Crippen LogP contribution >= 0.6 is 15.6 Å². The zero-order chi connectivity index (χ0) is 30.1. The van der Waals surface area contributed by atoms with Gasteiger partial charge in [0.2, 0.25) is 0 Å². The van der Waals surface area contributed by atoms with Crippen molar-refractivity contribution in [2.75, 3.05) is 18.1 Å². The number of hydrogen-bond acceptors (Lipinski definition) is 11. The number of pyridine rings is 1. The van der Waals surface area contributed by atoms with E-state index < -0.39 is 52.5 Å². The summed E-state index contributed by atoms with van der Waals surface area (Å²) in [6.45, 7) is -0.386. The maximum Gasteiger partial charge on any atom is 0.470 e. The van der Waals surface area contributed by atoms with Crippen molar-refractivity contribution in [3.63, 3.8) is 0 Å². The Hall–Kier alpha value is -3.60. The lowest BCUT2D eigenvalue weighted by Crippen LogP contribution is -2.33. The molecule has 20 heteroatoms. The molecule has 2 aliphatic heterocycles. The van der Waals surface area contributed by atoms with E-state index in [-0.39, 0.29) is 24.2 Å². The highest BCUT2D eigenvalue weighted by Gasteiger charge is 2.38. The zero-order valence-electron chi connectivity index (χ0n) is 21.3. The fraction of sp³-hybridized carbons (Fsp3) is 0.318. The van der Waals surface area contributed by atoms with Crippen molar-refractivity contribution >= 4 is 33.1 Å². The van der Waals surface area contributed by atoms with Crippen molar-refractivity contribution in [3.05, 3.63) is 60.4 Å². The number of anilines is 1. The summed E-state index contributed by atoms with van der Waals surface area (Å²) in [5.41, 5.74) is 1.46. The molecule has 0 bridgehead atoms. The quantitative estimate of drug-likeness (QED) is 0.221. The number of benzene rings is 1. The van der Waals surface area contributed by atoms with Gasteiger partial charge in [0.25, 0.3) is 0 Å². The van der Waals surface area contributed by atoms with Crippen LogP contribution in [0.4, 0.5) is 14.9 Å². The van der Waals surface area contributed by atoms with Crippen LogP contribution in [0.1, 0.15) is 12.1 Å². The molecule has 2 aromatic heterocycles. The molecule has 3 atom stereocenters. The van der Waals surface area contributed by atoms with Crippen molar-refractivity contribution in [1.82, 2.24) is 20.0 Å². The predicted molar refractivity (Wildman–Crippen MR) is 138 cm³/mol. The summed E-state index contributed by atoms with van der Waals surface area (Å²) in [6, 6.07) is 7.37. The van der Waals surface area contributed by atoms with Gasteiger partial charge >= 0.3 is 21.7 Å². The first kappa shape index (κ1) is 29.9. The third-order valence-electron chi connectivity index (χ3n) is 6.16. The summed E-state index contributed by atoms with van der Waals surface area (Å²) in [4.78, 5) is 59.3. The third kappa shape index (κ3) is 7.42. The van der Waals surface area contributed by atoms with Gasteiger partial charge in [-0.2, -0.15) is 0 Å². The first-order valence-electron chi connectivity index (χ1n) is 12.1. The van der Waals surface area contributed by atoms with E-state index in [0.717, 1.165) is 0 Å². The largest absolute Gasteiger partial charge is 0.470 e. The second-order valence-corrected chi connectivity index (χ2v) is 11.6. The summed E-state index contributed by atoms with van der Waals surface area (Å²) < 4.78 is 53.2. The molecule has 4 N–H and O–H groups in total. The fourth-order valence-corrected chi connectivity index (χ4v) is 5.19. The van der Waals surface area contributed by atoms with E-state index in [2.05, 4.69) is 29.5 Å². The molecule has 1 fully saturated rings. The summed E-state index contributed by atoms with van der Waals surface area (Å²) in [5, 5.41) is 11.4. The standard InChI is InChI=1S/C22H23FN6O11P2/c23-17-7-14(29-11-15(38-22(29)30)10-28-6-5-25-27-28)2-3-16(17)13-1-4-18(24-9-13)19-8-20(39-26-19)21(40-42(34,35)36)12-37-41(31,32)33/h1-7,9,15,20-21H,8,10-12H2,(H2,31,32,33)(H2,34,35,36)/t15-,20-,21+/m0/s1. The van der Waals surface area contributed by atoms with Gasteiger partial charge in [-0.15, -0.1) is 5.10 Å². The van der Waals surface area contributed by atoms with Gasteiger partial charge < -0.3 is 29.1 Å². The van der Waals surface area contributed by atoms with Gasteiger partial charge in [0.1, 0.15) is 23.7 Å². The number of oxime groups is 1. The molecule has 17 nitrogen and oxygen atoms in total. The maximum absolute atomic E-state index is 15.1. The monoisotopic (exact) mass is 628 g/mol. The van der Waals surface area contributed by atoms with E-state index in [1.165, 1.54) is 40.2 Å². The molecule has 0 saturated carbocycles. The summed E-state index contributed by atoms with van der Waals surface area (Å²) in [5.74, 6) is -0.612. The lowest BCUT2D eigenvalue weighted by Gasteiger charge is -2.22. The minimum Gasteiger partial charge on any atom is -0.442 e. The van der Waals surface area contributed by atoms with Crippen LogP contribution in [0, 0.1) is 5.82 Å². The highest BCUT2D eigenvalue weighted by atomic mass is 31.2. The molecule has 0 radical (unpaired) electrons. The molecule has 0 spiro atoms. The van der Waals surface area contributed by atoms with Crippen LogP contribution in [-0.4, -0.2) is 82.8 Å². The number of aromatic nitrogens is 4. The molecule has 3 aromatic rings. The predicted octanol–water partition coefficient (Wildman–Crippen LogP) is 1.58. The number of amides is 1. The number of carbonyl (C=O) groups excluding carboxylic acids is 1. The highest BCUT2D eigenvalue weighted by Crippen LogP contribution is 2.42. The number of cyclic esters (lactones) is 1. The molecular weight excluding hydrogens is 605 g/mol. The Bertz CT molecular complexity index is 1560. The van der Waals surface area contributed by atoms with Gasteiger partial charge in [0.05, 0.1) is 37.3 Å². The lowest BCUT2D eigenvalue weighted by atomic mass is 10.0. The third-order valence-corrected chi connectivity index (χ3v) is 7.19. The number of nitrogens with zero attached hydrogens (tertiary/aromatic N) is 6. The number of halogens is 1. The van der Waals surface area contributed by atoms with Crippen LogP contribution in [0.3, 0.4) is 0 Å². The number of rotatable bonds is 11. The summed E-state index contributed by atoms with van der Waals surface area (Å²) in [6.07, 6.45) is 0.603. The smallest absolute Gasteiger partial charge is 0.442 e. The highest BCUT2D eigenvalue weighted by molar-refractivity contribution is 7.46. The van der Waals surface area contributed by atoms with Crippen molar-refractivity contribution in [1.29, 1.82) is 0 Å². The molecular formula is C22H23FN6O11P2. The van der Waals surface area contributed by atoms with E-state index >= 15 is 4.39 Å². The van der Waals surface area contributed by atoms with Crippen LogP contribution < -0.4 is 4.90 Å². The Kier molecular flexibility index (Phi) is 8.50. The average Bonchev–Trinajstić information content (AvgIpc) is 3.68. The van der Waals surface area contributed by atoms with Crippen LogP contribution in [0.2, 0.25) is 0 Å². The van der Waals surface area contributed by atoms with E-state index in [0.29, 0.717) is 23.5 Å². The molecule has 5 rings (SSSR count). The molecule has 1 aromatic carbocycles. The topological polar surface area (TPSA) is 228 Å². The maximum atomic E-state index is 15.1. The Balaban J connectivity index is 1.24. The summed E-state index contributed by atoms with van der Waals surface area (Å²) in [7, 11) is -10.0. The normalized spacial score (nSPS) is 19.9. The van der Waals surface area contributed by atoms with Gasteiger partial charge in [0, 0.05) is 29.9 Å². The van der Waals surface area contributed by atoms with Crippen LogP contribution in [0.5, 0.6) is 0 Å². The number of hydrogen-bond donors (Lipinski definition) is 4. The minimum atomic E-state index is -5.07. The molecule has 4 heterocycles. The average molecular weight is 628 g/mol. The van der Waals surface area contributed by atoms with Crippen molar-refractivity contribution in [2.45, 2.75) is 31.3 Å². The van der Waals surface area contributed by atoms with Crippen LogP contribution in [0.15, 0.2) is 54.1 Å². The molecule has 42 heavy (non-hydrogen) atoms. The van der Waals surface area contributed by atoms with Gasteiger partial charge in [-0.3, -0.25) is 18.9 Å². The minimum absolute atomic E-state index is 0.0889. The molecule has 1 saturated heterocycles. The van der Waals surface area contributed by atoms with E-state index in [1.54, 1.807) is 18.3 Å². The van der Waals surface area contributed by atoms with Gasteiger partial charge in [-0.1, -0.05) is 16.4 Å². The number of phosphoric ester groups is 2. The fourth-order valence-electron chi connectivity index (χ4n) is 4.30. The lowest BCUT2D eigenvalue weighted by molar-refractivity contribution is -0.0384. The van der Waals surface area contributed by atoms with Crippen LogP contribution in [0.25, 0.3) is 11.1 Å². The summed E-state index contributed by atoms with van der Waals surface area (Å²) >= 11 is 0. The first-order chi connectivity index (χ1) is 19.8. The number of ether oxygens (including phenoxy) is 1. The Morgan fingerprint density at radius 2 is 1.95 bits per heavy atom. The van der Waals surface area contributed by atoms with E-state index in [1.807, 2.05) is 0 Å². The molecule has 224 valence electrons. The molecule has 1 amide bonds. The van der Waals surface area contributed by atoms with E-state index in [4.69, 9.17) is 29.1 Å². The molecule has 0 unspecified atom stereocenters. The van der Waals surface area contributed by atoms with Gasteiger partial charge in [0.15, 0.2) is 6.10 Å². The SMILES string of the molecule is O=C1O[C@@H](Cn2ccnn2)CN1c1ccc(-c2ccc(C3=NO[C@H]([C@@H](COP(=O)(O)O)OP(=O)(O)O)C3)nc2)c(F)c1. The van der Waals surface area contributed by atoms with Crippen molar-refractivity contribution in [3.8, 4) is 11.1 Å². The van der Waals surface area contributed by atoms with Crippen molar-refractivity contribution in [2.24, 2.45) is 5.16 Å². The number of carbonyl (C=O) groups is 1. The zero-order valence-corrected chi connectivity index (χ0v) is 23.1. The first-order valence-corrected chi connectivity index (χ1v) is 15.2. The van der Waals surface area contributed by atoms with Crippen LogP contribution in [-0.2, 0) is 34.3 Å². The van der Waals surface area contributed by atoms with Gasteiger partial charge in [-0.25, -0.2) is 23.0 Å².